The fraction of sp³-hybridized carbons (Fsp3) is 0.350. The lowest BCUT2D eigenvalue weighted by molar-refractivity contribution is -0.516. The lowest BCUT2D eigenvalue weighted by Gasteiger charge is -2.42. The lowest BCUT2D eigenvalue weighted by Crippen LogP contribution is -2.83. The van der Waals surface area contributed by atoms with E-state index < -0.39 is 42.7 Å². The molecule has 0 bridgehead atoms. The quantitative estimate of drug-likeness (QED) is 0.420. The fourth-order valence-electron chi connectivity index (χ4n) is 4.01. The number of halogens is 4. The molecule has 4 nitrogen and oxygen atoms in total. The highest BCUT2D eigenvalue weighted by molar-refractivity contribution is 5.76. The summed E-state index contributed by atoms with van der Waals surface area (Å²) in [5.41, 5.74) is 8.14. The summed E-state index contributed by atoms with van der Waals surface area (Å²) >= 11 is 0. The molecule has 1 aliphatic heterocycles. The van der Waals surface area contributed by atoms with Crippen molar-refractivity contribution in [3.8, 4) is 0 Å². The first-order valence-electron chi connectivity index (χ1n) is 8.98. The summed E-state index contributed by atoms with van der Waals surface area (Å²) in [5.74, 6) is -4.98. The number of aliphatic hydroxyl groups is 1. The maximum absolute atomic E-state index is 14.3. The number of likely N-dealkylation sites (tertiary alicyclic amines) is 1. The van der Waals surface area contributed by atoms with Crippen LogP contribution in [0.15, 0.2) is 42.5 Å². The van der Waals surface area contributed by atoms with Gasteiger partial charge in [-0.3, -0.25) is 4.90 Å². The summed E-state index contributed by atoms with van der Waals surface area (Å²) in [6.07, 6.45) is 0.538. The molecule has 1 fully saturated rings. The first-order valence-corrected chi connectivity index (χ1v) is 8.98. The van der Waals surface area contributed by atoms with Crippen LogP contribution in [-0.2, 0) is 6.42 Å². The molecule has 1 aliphatic carbocycles. The maximum atomic E-state index is 14.3. The van der Waals surface area contributed by atoms with Crippen LogP contribution in [0, 0.1) is 11.6 Å². The molecule has 0 aromatic heterocycles. The van der Waals surface area contributed by atoms with Crippen molar-refractivity contribution in [2.75, 3.05) is 13.1 Å². The van der Waals surface area contributed by atoms with Gasteiger partial charge in [0.25, 0.3) is 5.92 Å². The second-order valence-electron chi connectivity index (χ2n) is 7.39. The Morgan fingerprint density at radius 3 is 2.54 bits per heavy atom. The molecule has 2 aromatic rings. The molecule has 0 spiro atoms. The Morgan fingerprint density at radius 2 is 1.89 bits per heavy atom. The van der Waals surface area contributed by atoms with Gasteiger partial charge in [-0.25, -0.2) is 22.6 Å². The zero-order valence-corrected chi connectivity index (χ0v) is 14.9. The van der Waals surface area contributed by atoms with E-state index in [1.54, 1.807) is 0 Å². The van der Waals surface area contributed by atoms with E-state index >= 15 is 0 Å². The van der Waals surface area contributed by atoms with Gasteiger partial charge >= 0.3 is 5.90 Å². The normalized spacial score (nSPS) is 25.2. The van der Waals surface area contributed by atoms with E-state index in [-0.39, 0.29) is 17.5 Å². The molecule has 0 radical (unpaired) electrons. The van der Waals surface area contributed by atoms with Crippen LogP contribution >= 0.6 is 0 Å². The van der Waals surface area contributed by atoms with Crippen molar-refractivity contribution >= 4 is 5.90 Å². The van der Waals surface area contributed by atoms with Crippen molar-refractivity contribution < 1.29 is 27.7 Å². The molecule has 3 atom stereocenters. The standard InChI is InChI=1S/C20H19F4N3O/c21-12-5-6-14(15(22)8-12)18(27-9-20(23,24)10-27)19(28)26-16-7-11-3-1-2-4-13(11)17(16)25/h1-6,8,16-18H,7,9-10,25H2,(H,26,28)/p+1/t16-,17-,18?/m0/s1. The largest absolute Gasteiger partial charge is 0.462 e. The highest BCUT2D eigenvalue weighted by atomic mass is 19.3. The smallest absolute Gasteiger partial charge is 0.355 e. The van der Waals surface area contributed by atoms with Crippen molar-refractivity contribution in [2.45, 2.75) is 30.5 Å². The van der Waals surface area contributed by atoms with E-state index in [0.29, 0.717) is 12.5 Å². The fourth-order valence-corrected chi connectivity index (χ4v) is 4.01. The van der Waals surface area contributed by atoms with Crippen LogP contribution < -0.4 is 10.7 Å². The van der Waals surface area contributed by atoms with Gasteiger partial charge in [0, 0.05) is 18.1 Å². The summed E-state index contributed by atoms with van der Waals surface area (Å²) in [6, 6.07) is 8.49. The van der Waals surface area contributed by atoms with Crippen molar-refractivity contribution in [2.24, 2.45) is 5.73 Å². The Balaban J connectivity index is 1.66. The lowest BCUT2D eigenvalue weighted by atomic mass is 9.98. The van der Waals surface area contributed by atoms with Gasteiger partial charge in [0.05, 0.1) is 19.1 Å². The second-order valence-corrected chi connectivity index (χ2v) is 7.39. The highest BCUT2D eigenvalue weighted by Gasteiger charge is 2.50. The minimum Gasteiger partial charge on any atom is -0.462 e. The molecule has 1 saturated heterocycles. The predicted molar refractivity (Wildman–Crippen MR) is 95.1 cm³/mol. The molecule has 2 aromatic carbocycles. The number of nitrogens with zero attached hydrogens (tertiary/aromatic N) is 1. The molecule has 28 heavy (non-hydrogen) atoms. The number of hydrogen-bond acceptors (Lipinski definition) is 2. The number of hydrogen-bond donors (Lipinski definition) is 3. The number of benzene rings is 2. The monoisotopic (exact) mass is 394 g/mol. The van der Waals surface area contributed by atoms with Crippen molar-refractivity contribution in [3.05, 3.63) is 70.8 Å². The summed E-state index contributed by atoms with van der Waals surface area (Å²) in [4.78, 5) is 4.13. The van der Waals surface area contributed by atoms with E-state index in [4.69, 9.17) is 5.73 Å². The molecule has 148 valence electrons. The third-order valence-electron chi connectivity index (χ3n) is 5.37. The molecule has 4 rings (SSSR count). The van der Waals surface area contributed by atoms with E-state index in [2.05, 4.69) is 4.99 Å². The predicted octanol–water partition coefficient (Wildman–Crippen LogP) is 1.62. The van der Waals surface area contributed by atoms with Gasteiger partial charge in [-0.1, -0.05) is 30.3 Å². The van der Waals surface area contributed by atoms with E-state index in [0.717, 1.165) is 23.3 Å². The van der Waals surface area contributed by atoms with Gasteiger partial charge in [0.2, 0.25) is 0 Å². The van der Waals surface area contributed by atoms with Crippen LogP contribution in [0.4, 0.5) is 17.6 Å². The minimum absolute atomic E-state index is 0.0778. The number of aliphatic hydroxyl groups excluding tert-OH is 1. The Hall–Kier alpha value is -2.45. The Bertz CT molecular complexity index is 925. The first-order chi connectivity index (χ1) is 13.2. The SMILES string of the molecule is N[C@H]1c2ccccc2C[C@@H]1[NH+]=C(O)C(c1ccc(F)cc1F)N1CC(F)(F)C1. The van der Waals surface area contributed by atoms with Gasteiger partial charge in [-0.15, -0.1) is 0 Å². The second kappa shape index (κ2) is 6.86. The van der Waals surface area contributed by atoms with Crippen molar-refractivity contribution in [3.63, 3.8) is 0 Å². The molecule has 1 heterocycles. The number of nitrogens with one attached hydrogen (secondary N) is 1. The highest BCUT2D eigenvalue weighted by Crippen LogP contribution is 2.35. The Labute approximate surface area is 159 Å². The average Bonchev–Trinajstić information content (AvgIpc) is 2.91. The molecule has 0 amide bonds. The van der Waals surface area contributed by atoms with Crippen molar-refractivity contribution in [1.82, 2.24) is 4.90 Å². The zero-order chi connectivity index (χ0) is 20.1. The van der Waals surface area contributed by atoms with Crippen LogP contribution in [0.1, 0.15) is 28.8 Å². The van der Waals surface area contributed by atoms with Gasteiger partial charge < -0.3 is 10.8 Å². The first kappa shape index (κ1) is 18.9. The van der Waals surface area contributed by atoms with Crippen LogP contribution in [0.5, 0.6) is 0 Å². The van der Waals surface area contributed by atoms with Gasteiger partial charge in [-0.2, -0.15) is 0 Å². The van der Waals surface area contributed by atoms with Crippen LogP contribution in [-0.4, -0.2) is 41.0 Å². The molecule has 4 N–H and O–H groups in total. The zero-order valence-electron chi connectivity index (χ0n) is 14.9. The van der Waals surface area contributed by atoms with Crippen LogP contribution in [0.3, 0.4) is 0 Å². The third kappa shape index (κ3) is 3.38. The van der Waals surface area contributed by atoms with Gasteiger partial charge in [0.15, 0.2) is 12.1 Å². The third-order valence-corrected chi connectivity index (χ3v) is 5.37. The Kier molecular flexibility index (Phi) is 4.63. The molecular formula is C20H20F4N3O+. The number of rotatable bonds is 4. The maximum Gasteiger partial charge on any atom is 0.355 e. The summed E-state index contributed by atoms with van der Waals surface area (Å²) < 4.78 is 54.5. The number of alkyl halides is 2. The molecule has 0 saturated carbocycles. The number of fused-ring (bicyclic) bond motifs is 1. The van der Waals surface area contributed by atoms with Gasteiger partial charge in [-0.05, 0) is 17.2 Å². The van der Waals surface area contributed by atoms with Crippen LogP contribution in [0.25, 0.3) is 0 Å². The molecule has 8 heteroatoms. The topological polar surface area (TPSA) is 63.5 Å². The molecule has 2 aliphatic rings. The van der Waals surface area contributed by atoms with Crippen molar-refractivity contribution in [1.29, 1.82) is 0 Å². The van der Waals surface area contributed by atoms with Crippen LogP contribution in [0.2, 0.25) is 0 Å². The van der Waals surface area contributed by atoms with E-state index in [1.165, 1.54) is 4.90 Å². The van der Waals surface area contributed by atoms with Gasteiger partial charge in [0.1, 0.15) is 11.6 Å². The molecular weight excluding hydrogens is 374 g/mol. The van der Waals surface area contributed by atoms with E-state index in [1.807, 2.05) is 24.3 Å². The van der Waals surface area contributed by atoms with E-state index in [9.17, 15) is 22.7 Å². The summed E-state index contributed by atoms with van der Waals surface area (Å²) in [7, 11) is 0. The summed E-state index contributed by atoms with van der Waals surface area (Å²) in [5, 5.41) is 10.7. The Morgan fingerprint density at radius 1 is 1.18 bits per heavy atom. The summed E-state index contributed by atoms with van der Waals surface area (Å²) in [6.45, 7) is -1.26. The molecule has 1 unspecified atom stereocenters. The number of nitrogens with two attached hydrogens (primary N) is 1. The average molecular weight is 394 g/mol. The minimum atomic E-state index is -2.91.